The summed E-state index contributed by atoms with van der Waals surface area (Å²) in [5, 5.41) is 0. The second-order valence-electron chi connectivity index (χ2n) is 8.95. The van der Waals surface area contributed by atoms with Gasteiger partial charge in [-0.05, 0) is 62.2 Å². The molecule has 4 rings (SSSR count). The van der Waals surface area contributed by atoms with Crippen LogP contribution in [0.2, 0.25) is 0 Å². The lowest BCUT2D eigenvalue weighted by Gasteiger charge is -2.31. The highest BCUT2D eigenvalue weighted by Crippen LogP contribution is 2.32. The molecule has 0 fully saturated rings. The Morgan fingerprint density at radius 1 is 0.912 bits per heavy atom. The lowest BCUT2D eigenvalue weighted by molar-refractivity contribution is 0.00695. The maximum Gasteiger partial charge on any atom is 0.420 e. The smallest absolute Gasteiger partial charge is 0.420 e. The number of esters is 1. The van der Waals surface area contributed by atoms with Crippen LogP contribution >= 0.6 is 0 Å². The Kier molecular flexibility index (Phi) is 6.64. The summed E-state index contributed by atoms with van der Waals surface area (Å²) in [6.07, 6.45) is 7.23. The van der Waals surface area contributed by atoms with E-state index >= 15 is 0 Å². The van der Waals surface area contributed by atoms with E-state index in [0.717, 1.165) is 11.1 Å². The van der Waals surface area contributed by atoms with Crippen LogP contribution in [0, 0.1) is 0 Å². The first kappa shape index (κ1) is 23.1. The van der Waals surface area contributed by atoms with Crippen molar-refractivity contribution < 1.29 is 19.1 Å². The number of para-hydroxylation sites is 1. The first-order valence-electron chi connectivity index (χ1n) is 11.2. The van der Waals surface area contributed by atoms with Gasteiger partial charge in [0.25, 0.3) is 0 Å². The van der Waals surface area contributed by atoms with E-state index in [2.05, 4.69) is 0 Å². The number of ether oxygens (including phenoxy) is 2. The molecule has 34 heavy (non-hydrogen) atoms. The summed E-state index contributed by atoms with van der Waals surface area (Å²) >= 11 is 0. The van der Waals surface area contributed by atoms with Crippen molar-refractivity contribution in [3.8, 4) is 5.75 Å². The number of hydrogen-bond donors (Lipinski definition) is 0. The topological polar surface area (TPSA) is 55.8 Å². The summed E-state index contributed by atoms with van der Waals surface area (Å²) in [6.45, 7) is 5.48. The van der Waals surface area contributed by atoms with E-state index in [0.29, 0.717) is 17.0 Å². The van der Waals surface area contributed by atoms with Gasteiger partial charge in [0, 0.05) is 0 Å². The molecule has 0 radical (unpaired) electrons. The van der Waals surface area contributed by atoms with Crippen LogP contribution in [0.5, 0.6) is 5.75 Å². The summed E-state index contributed by atoms with van der Waals surface area (Å²) in [4.78, 5) is 27.5. The van der Waals surface area contributed by atoms with Crippen LogP contribution in [0.4, 0.5) is 10.5 Å². The predicted molar refractivity (Wildman–Crippen MR) is 135 cm³/mol. The average Bonchev–Trinajstić information content (AvgIpc) is 2.82. The van der Waals surface area contributed by atoms with Crippen LogP contribution in [-0.4, -0.2) is 23.7 Å². The van der Waals surface area contributed by atoms with E-state index < -0.39 is 17.7 Å². The summed E-state index contributed by atoms with van der Waals surface area (Å²) in [5.74, 6) is 0.0491. The van der Waals surface area contributed by atoms with Crippen LogP contribution in [-0.2, 0) is 4.74 Å². The molecule has 1 unspecified atom stereocenters. The van der Waals surface area contributed by atoms with Crippen molar-refractivity contribution in [2.75, 3.05) is 4.90 Å². The Hall–Kier alpha value is -4.12. The number of nitrogens with zero attached hydrogens (tertiary/aromatic N) is 1. The van der Waals surface area contributed by atoms with Gasteiger partial charge in [0.2, 0.25) is 0 Å². The maximum absolute atomic E-state index is 13.3. The fourth-order valence-corrected chi connectivity index (χ4v) is 3.60. The predicted octanol–water partition coefficient (Wildman–Crippen LogP) is 6.76. The van der Waals surface area contributed by atoms with E-state index in [4.69, 9.17) is 9.47 Å². The molecule has 0 bridgehead atoms. The van der Waals surface area contributed by atoms with Gasteiger partial charge in [-0.1, -0.05) is 72.8 Å². The number of fused-ring (bicyclic) bond motifs is 1. The molecule has 1 atom stereocenters. The van der Waals surface area contributed by atoms with Gasteiger partial charge in [-0.3, -0.25) is 4.90 Å². The first-order chi connectivity index (χ1) is 16.3. The van der Waals surface area contributed by atoms with Crippen LogP contribution in [0.25, 0.3) is 12.2 Å². The number of carbonyl (C=O) groups excluding carboxylic acids is 2. The molecule has 0 aromatic heterocycles. The zero-order chi connectivity index (χ0) is 24.1. The standard InChI is InChI=1S/C29H27NO4/c1-29(2,3)34-27(31)23-16-19-26-22(20-23)15-18-24(17-14-21-10-6-4-7-11-21)30(26)28(32)33-25-12-8-5-9-13-25/h4-20,24H,1-3H3/b17-14+. The number of rotatable bonds is 4. The quantitative estimate of drug-likeness (QED) is 0.410. The normalized spacial score (nSPS) is 15.1. The molecule has 0 aliphatic carbocycles. The van der Waals surface area contributed by atoms with Crippen molar-refractivity contribution in [2.24, 2.45) is 0 Å². The molecule has 1 amide bonds. The third kappa shape index (κ3) is 5.62. The molecule has 5 heteroatoms. The SMILES string of the molecule is CC(C)(C)OC(=O)c1ccc2c(c1)C=CC(/C=C/c1ccccc1)N2C(=O)Oc1ccccc1. The highest BCUT2D eigenvalue weighted by Gasteiger charge is 2.29. The van der Waals surface area contributed by atoms with Crippen molar-refractivity contribution in [1.82, 2.24) is 0 Å². The van der Waals surface area contributed by atoms with Gasteiger partial charge in [0.15, 0.2) is 0 Å². The minimum absolute atomic E-state index is 0.365. The van der Waals surface area contributed by atoms with Gasteiger partial charge in [0.1, 0.15) is 11.4 Å². The van der Waals surface area contributed by atoms with Gasteiger partial charge in [-0.2, -0.15) is 0 Å². The van der Waals surface area contributed by atoms with Crippen LogP contribution in [0.1, 0.15) is 42.3 Å². The van der Waals surface area contributed by atoms with Crippen molar-refractivity contribution in [3.05, 3.63) is 108 Å². The van der Waals surface area contributed by atoms with Gasteiger partial charge in [-0.25, -0.2) is 9.59 Å². The van der Waals surface area contributed by atoms with E-state index in [9.17, 15) is 9.59 Å². The Labute approximate surface area is 199 Å². The van der Waals surface area contributed by atoms with Crippen molar-refractivity contribution in [1.29, 1.82) is 0 Å². The molecule has 172 valence electrons. The maximum atomic E-state index is 13.3. The second kappa shape index (κ2) is 9.79. The van der Waals surface area contributed by atoms with Crippen molar-refractivity contribution in [2.45, 2.75) is 32.4 Å². The summed E-state index contributed by atoms with van der Waals surface area (Å²) < 4.78 is 11.2. The van der Waals surface area contributed by atoms with E-state index in [-0.39, 0.29) is 6.04 Å². The fraction of sp³-hybridized carbons (Fsp3) is 0.172. The fourth-order valence-electron chi connectivity index (χ4n) is 3.60. The Balaban J connectivity index is 1.67. The van der Waals surface area contributed by atoms with E-state index in [1.807, 2.05) is 93.6 Å². The van der Waals surface area contributed by atoms with E-state index in [1.165, 1.54) is 0 Å². The molecular weight excluding hydrogens is 426 g/mol. The second-order valence-corrected chi connectivity index (χ2v) is 8.95. The van der Waals surface area contributed by atoms with Gasteiger partial charge in [0.05, 0.1) is 17.3 Å². The lowest BCUT2D eigenvalue weighted by Crippen LogP contribution is -2.42. The third-order valence-corrected chi connectivity index (χ3v) is 5.12. The van der Waals surface area contributed by atoms with Crippen LogP contribution in [0.15, 0.2) is 91.0 Å². The number of benzene rings is 3. The third-order valence-electron chi connectivity index (χ3n) is 5.12. The van der Waals surface area contributed by atoms with Gasteiger partial charge >= 0.3 is 12.1 Å². The number of amides is 1. The summed E-state index contributed by atoms with van der Waals surface area (Å²) in [7, 11) is 0. The van der Waals surface area contributed by atoms with Crippen LogP contribution < -0.4 is 9.64 Å². The Morgan fingerprint density at radius 2 is 1.59 bits per heavy atom. The lowest BCUT2D eigenvalue weighted by atomic mass is 10.00. The highest BCUT2D eigenvalue weighted by atomic mass is 16.6. The van der Waals surface area contributed by atoms with Crippen molar-refractivity contribution >= 4 is 29.9 Å². The number of carbonyl (C=O) groups is 2. The molecule has 3 aromatic carbocycles. The first-order valence-corrected chi connectivity index (χ1v) is 11.2. The minimum atomic E-state index is -0.596. The molecule has 5 nitrogen and oxygen atoms in total. The van der Waals surface area contributed by atoms with Crippen LogP contribution in [0.3, 0.4) is 0 Å². The number of hydrogen-bond acceptors (Lipinski definition) is 4. The Morgan fingerprint density at radius 3 is 2.26 bits per heavy atom. The Bertz CT molecular complexity index is 1220. The summed E-state index contributed by atoms with van der Waals surface area (Å²) in [6, 6.07) is 23.6. The molecule has 0 saturated carbocycles. The zero-order valence-electron chi connectivity index (χ0n) is 19.5. The monoisotopic (exact) mass is 453 g/mol. The summed E-state index contributed by atoms with van der Waals surface area (Å²) in [5.41, 5.74) is 2.24. The number of anilines is 1. The molecule has 3 aromatic rings. The average molecular weight is 454 g/mol. The molecule has 1 aliphatic heterocycles. The minimum Gasteiger partial charge on any atom is -0.456 e. The molecule has 1 aliphatic rings. The van der Waals surface area contributed by atoms with E-state index in [1.54, 1.807) is 35.2 Å². The van der Waals surface area contributed by atoms with Crippen molar-refractivity contribution in [3.63, 3.8) is 0 Å². The zero-order valence-corrected chi connectivity index (χ0v) is 19.5. The molecule has 0 spiro atoms. The molecule has 1 heterocycles. The van der Waals surface area contributed by atoms with Gasteiger partial charge in [-0.15, -0.1) is 0 Å². The largest absolute Gasteiger partial charge is 0.456 e. The molecule has 0 N–H and O–H groups in total. The molecular formula is C29H27NO4. The molecule has 0 saturated heterocycles. The van der Waals surface area contributed by atoms with Gasteiger partial charge < -0.3 is 9.47 Å². The highest BCUT2D eigenvalue weighted by molar-refractivity contribution is 5.98.